The summed E-state index contributed by atoms with van der Waals surface area (Å²) in [4.78, 5) is 21.4. The first-order chi connectivity index (χ1) is 16.9. The molecule has 5 aromatic rings. The molecule has 0 aliphatic rings. The fraction of sp³-hybridized carbons (Fsp3) is 0.231. The second-order valence-corrected chi connectivity index (χ2v) is 8.86. The van der Waals surface area contributed by atoms with E-state index < -0.39 is 5.82 Å². The van der Waals surface area contributed by atoms with E-state index in [1.807, 2.05) is 30.8 Å². The Morgan fingerprint density at radius 1 is 1.14 bits per heavy atom. The minimum Gasteiger partial charge on any atom is -0.383 e. The van der Waals surface area contributed by atoms with Crippen LogP contribution in [0.1, 0.15) is 18.1 Å². The van der Waals surface area contributed by atoms with Gasteiger partial charge in [-0.2, -0.15) is 5.10 Å². The molecule has 0 fully saturated rings. The molecule has 5 rings (SSSR count). The number of nitrogens with zero attached hydrogens (tertiary/aromatic N) is 5. The largest absolute Gasteiger partial charge is 0.383 e. The van der Waals surface area contributed by atoms with E-state index >= 15 is 0 Å². The number of hydrogen-bond donors (Lipinski definition) is 1. The number of benzene rings is 1. The van der Waals surface area contributed by atoms with Crippen LogP contribution in [0.25, 0.3) is 33.1 Å². The highest BCUT2D eigenvalue weighted by Crippen LogP contribution is 2.30. The van der Waals surface area contributed by atoms with Gasteiger partial charge in [0.25, 0.3) is 5.56 Å². The van der Waals surface area contributed by atoms with Crippen LogP contribution in [0, 0.1) is 12.7 Å². The summed E-state index contributed by atoms with van der Waals surface area (Å²) < 4.78 is 17.9. The molecule has 4 aromatic heterocycles. The van der Waals surface area contributed by atoms with Crippen molar-refractivity contribution < 1.29 is 4.39 Å². The quantitative estimate of drug-likeness (QED) is 0.334. The van der Waals surface area contributed by atoms with Crippen LogP contribution in [-0.2, 0) is 20.0 Å². The van der Waals surface area contributed by atoms with Crippen LogP contribution in [0.3, 0.4) is 0 Å². The molecule has 178 valence electrons. The standard InChI is InChI=1S/C26H24ClFN6O/c1-4-34-25-19(13-31-34)23-16(11-15(2)12-18(23)26(35)33(25)3)7-10-30-21-5-6-22(27)32-24(21)17-8-9-29-14-20(17)28/h5-6,8-9,11-14,30H,4,7,10H2,1-3H3. The number of fused-ring (bicyclic) bond motifs is 3. The van der Waals surface area contributed by atoms with E-state index in [-0.39, 0.29) is 10.7 Å². The van der Waals surface area contributed by atoms with Crippen molar-refractivity contribution in [2.24, 2.45) is 7.05 Å². The topological polar surface area (TPSA) is 77.6 Å². The maximum absolute atomic E-state index is 14.4. The van der Waals surface area contributed by atoms with Crippen LogP contribution >= 0.6 is 11.6 Å². The molecular weight excluding hydrogens is 467 g/mol. The molecule has 0 saturated carbocycles. The Morgan fingerprint density at radius 3 is 2.74 bits per heavy atom. The van der Waals surface area contributed by atoms with Gasteiger partial charge in [-0.1, -0.05) is 23.2 Å². The van der Waals surface area contributed by atoms with Gasteiger partial charge in [-0.25, -0.2) is 14.1 Å². The Bertz CT molecular complexity index is 1640. The van der Waals surface area contributed by atoms with Crippen LogP contribution in [0.4, 0.5) is 10.1 Å². The van der Waals surface area contributed by atoms with Gasteiger partial charge in [0.2, 0.25) is 0 Å². The fourth-order valence-corrected chi connectivity index (χ4v) is 4.79. The van der Waals surface area contributed by atoms with Crippen molar-refractivity contribution in [3.8, 4) is 11.3 Å². The van der Waals surface area contributed by atoms with Gasteiger partial charge >= 0.3 is 0 Å². The number of aromatic nitrogens is 5. The predicted octanol–water partition coefficient (Wildman–Crippen LogP) is 5.12. The highest BCUT2D eigenvalue weighted by atomic mass is 35.5. The molecule has 4 heterocycles. The molecule has 0 bridgehead atoms. The zero-order valence-corrected chi connectivity index (χ0v) is 20.4. The minimum atomic E-state index is -0.471. The molecule has 1 aromatic carbocycles. The lowest BCUT2D eigenvalue weighted by Crippen LogP contribution is -2.20. The lowest BCUT2D eigenvalue weighted by Gasteiger charge is -2.15. The second kappa shape index (κ2) is 9.11. The molecule has 7 nitrogen and oxygen atoms in total. The van der Waals surface area contributed by atoms with Crippen molar-refractivity contribution in [1.82, 2.24) is 24.3 Å². The first-order valence-corrected chi connectivity index (χ1v) is 11.7. The third kappa shape index (κ3) is 4.04. The van der Waals surface area contributed by atoms with Crippen LogP contribution < -0.4 is 10.9 Å². The maximum Gasteiger partial charge on any atom is 0.259 e. The smallest absolute Gasteiger partial charge is 0.259 e. The lowest BCUT2D eigenvalue weighted by atomic mass is 9.98. The van der Waals surface area contributed by atoms with Gasteiger partial charge in [0, 0.05) is 48.1 Å². The average Bonchev–Trinajstić information content (AvgIpc) is 3.27. The van der Waals surface area contributed by atoms with E-state index in [1.165, 1.54) is 6.20 Å². The molecule has 9 heteroatoms. The van der Waals surface area contributed by atoms with Crippen LogP contribution in [0.2, 0.25) is 5.15 Å². The molecule has 0 atom stereocenters. The zero-order valence-electron chi connectivity index (χ0n) is 19.6. The molecule has 0 unspecified atom stereocenters. The summed E-state index contributed by atoms with van der Waals surface area (Å²) in [5.74, 6) is -0.471. The van der Waals surface area contributed by atoms with Crippen molar-refractivity contribution in [2.75, 3.05) is 11.9 Å². The highest BCUT2D eigenvalue weighted by Gasteiger charge is 2.17. The van der Waals surface area contributed by atoms with E-state index in [0.717, 1.165) is 33.7 Å². The van der Waals surface area contributed by atoms with E-state index in [0.29, 0.717) is 41.8 Å². The van der Waals surface area contributed by atoms with E-state index in [2.05, 4.69) is 26.4 Å². The monoisotopic (exact) mass is 490 g/mol. The Kier molecular flexibility index (Phi) is 5.98. The van der Waals surface area contributed by atoms with Crippen LogP contribution in [0.15, 0.2) is 53.7 Å². The molecule has 0 aliphatic carbocycles. The van der Waals surface area contributed by atoms with Gasteiger partial charge in [-0.15, -0.1) is 0 Å². The van der Waals surface area contributed by atoms with Gasteiger partial charge in [-0.3, -0.25) is 14.3 Å². The highest BCUT2D eigenvalue weighted by molar-refractivity contribution is 6.29. The zero-order chi connectivity index (χ0) is 24.7. The number of nitrogens with one attached hydrogen (secondary N) is 1. The molecule has 0 saturated heterocycles. The van der Waals surface area contributed by atoms with Crippen molar-refractivity contribution in [3.63, 3.8) is 0 Å². The van der Waals surface area contributed by atoms with E-state index in [9.17, 15) is 9.18 Å². The summed E-state index contributed by atoms with van der Waals surface area (Å²) in [7, 11) is 1.79. The van der Waals surface area contributed by atoms with Gasteiger partial charge in [0.15, 0.2) is 5.82 Å². The van der Waals surface area contributed by atoms with Crippen molar-refractivity contribution in [2.45, 2.75) is 26.8 Å². The molecule has 35 heavy (non-hydrogen) atoms. The molecule has 0 amide bonds. The van der Waals surface area contributed by atoms with Gasteiger partial charge in [0.05, 0.1) is 23.8 Å². The second-order valence-electron chi connectivity index (χ2n) is 8.47. The molecular formula is C26H24ClFN6O. The van der Waals surface area contributed by atoms with Crippen molar-refractivity contribution in [3.05, 3.63) is 81.4 Å². The molecule has 1 N–H and O–H groups in total. The number of hydrogen-bond acceptors (Lipinski definition) is 5. The predicted molar refractivity (Wildman–Crippen MR) is 138 cm³/mol. The Labute approximate surface area is 206 Å². The average molecular weight is 491 g/mol. The van der Waals surface area contributed by atoms with E-state index in [1.54, 1.807) is 29.8 Å². The van der Waals surface area contributed by atoms with Gasteiger partial charge < -0.3 is 5.32 Å². The number of pyridine rings is 3. The summed E-state index contributed by atoms with van der Waals surface area (Å²) in [6.07, 6.45) is 5.15. The maximum atomic E-state index is 14.4. The first-order valence-electron chi connectivity index (χ1n) is 11.4. The number of rotatable bonds is 6. The third-order valence-corrected chi connectivity index (χ3v) is 6.41. The summed E-state index contributed by atoms with van der Waals surface area (Å²) >= 11 is 6.11. The summed E-state index contributed by atoms with van der Waals surface area (Å²) in [6.45, 7) is 5.20. The Balaban J connectivity index is 1.54. The third-order valence-electron chi connectivity index (χ3n) is 6.20. The number of aryl methyl sites for hydroxylation is 3. The van der Waals surface area contributed by atoms with Crippen molar-refractivity contribution >= 4 is 39.1 Å². The van der Waals surface area contributed by atoms with Crippen molar-refractivity contribution in [1.29, 1.82) is 0 Å². The van der Waals surface area contributed by atoms with Crippen LogP contribution in [-0.4, -0.2) is 30.9 Å². The minimum absolute atomic E-state index is 0.0436. The normalized spacial score (nSPS) is 11.5. The Morgan fingerprint density at radius 2 is 1.97 bits per heavy atom. The Hall–Kier alpha value is -3.78. The summed E-state index contributed by atoms with van der Waals surface area (Å²) in [6, 6.07) is 9.07. The number of anilines is 1. The SMILES string of the molecule is CCn1ncc2c3c(CCNc4ccc(Cl)nc4-c4ccncc4F)cc(C)cc3c(=O)n(C)c21. The molecule has 0 aliphatic heterocycles. The summed E-state index contributed by atoms with van der Waals surface area (Å²) in [5, 5.41) is 10.7. The van der Waals surface area contributed by atoms with E-state index in [4.69, 9.17) is 11.6 Å². The van der Waals surface area contributed by atoms with Crippen LogP contribution in [0.5, 0.6) is 0 Å². The molecule has 0 spiro atoms. The fourth-order valence-electron chi connectivity index (χ4n) is 4.65. The summed E-state index contributed by atoms with van der Waals surface area (Å²) in [5.41, 5.74) is 4.23. The molecule has 0 radical (unpaired) electrons. The van der Waals surface area contributed by atoms with Gasteiger partial charge in [-0.05, 0) is 50.1 Å². The van der Waals surface area contributed by atoms with Gasteiger partial charge in [0.1, 0.15) is 10.8 Å². The number of halogens is 2. The lowest BCUT2D eigenvalue weighted by molar-refractivity contribution is 0.624. The first kappa shape index (κ1) is 23.0.